The van der Waals surface area contributed by atoms with Crippen molar-refractivity contribution in [3.05, 3.63) is 59.2 Å². The second-order valence-corrected chi connectivity index (χ2v) is 5.89. The number of Topliss-reactive ketones (excluding diaryl/α,β-unsaturated/α-hetero) is 1. The van der Waals surface area contributed by atoms with E-state index >= 15 is 0 Å². The third-order valence-electron chi connectivity index (χ3n) is 4.68. The first kappa shape index (κ1) is 14.6. The van der Waals surface area contributed by atoms with E-state index < -0.39 is 5.41 Å². The number of rotatable bonds is 3. The van der Waals surface area contributed by atoms with Crippen LogP contribution in [0.15, 0.2) is 42.5 Å². The highest BCUT2D eigenvalue weighted by Crippen LogP contribution is 2.41. The molecule has 0 N–H and O–H groups in total. The fourth-order valence-corrected chi connectivity index (χ4v) is 3.21. The Balaban J connectivity index is 2.06. The zero-order valence-electron chi connectivity index (χ0n) is 13.2. The highest BCUT2D eigenvalue weighted by molar-refractivity contribution is 6.06. The lowest BCUT2D eigenvalue weighted by Gasteiger charge is -2.34. The highest BCUT2D eigenvalue weighted by atomic mass is 16.5. The van der Waals surface area contributed by atoms with Gasteiger partial charge in [-0.05, 0) is 43.0 Å². The van der Waals surface area contributed by atoms with Crippen molar-refractivity contribution in [3.8, 4) is 11.5 Å². The van der Waals surface area contributed by atoms with Gasteiger partial charge in [-0.25, -0.2) is 0 Å². The van der Waals surface area contributed by atoms with Crippen LogP contribution >= 0.6 is 0 Å². The summed E-state index contributed by atoms with van der Waals surface area (Å²) < 4.78 is 10.7. The molecule has 0 saturated heterocycles. The molecule has 1 atom stereocenters. The molecule has 3 heteroatoms. The largest absolute Gasteiger partial charge is 0.493 e. The van der Waals surface area contributed by atoms with E-state index in [2.05, 4.69) is 0 Å². The van der Waals surface area contributed by atoms with Gasteiger partial charge in [0.1, 0.15) is 0 Å². The summed E-state index contributed by atoms with van der Waals surface area (Å²) >= 11 is 0. The van der Waals surface area contributed by atoms with Gasteiger partial charge in [0, 0.05) is 5.56 Å². The molecule has 3 nitrogen and oxygen atoms in total. The Morgan fingerprint density at radius 2 is 1.73 bits per heavy atom. The van der Waals surface area contributed by atoms with Crippen LogP contribution in [0.3, 0.4) is 0 Å². The average molecular weight is 296 g/mol. The Labute approximate surface area is 130 Å². The molecule has 3 rings (SSSR count). The Morgan fingerprint density at radius 1 is 1.00 bits per heavy atom. The molecule has 0 amide bonds. The van der Waals surface area contributed by atoms with Gasteiger partial charge in [0.05, 0.1) is 19.6 Å². The number of ketones is 1. The number of carbonyl (C=O) groups excluding carboxylic acids is 1. The quantitative estimate of drug-likeness (QED) is 0.864. The van der Waals surface area contributed by atoms with E-state index in [1.54, 1.807) is 14.2 Å². The van der Waals surface area contributed by atoms with Gasteiger partial charge in [-0.1, -0.05) is 30.3 Å². The molecule has 0 bridgehead atoms. The van der Waals surface area contributed by atoms with Gasteiger partial charge < -0.3 is 9.47 Å². The number of methoxy groups -OCH3 is 2. The van der Waals surface area contributed by atoms with Crippen LogP contribution in [-0.4, -0.2) is 20.0 Å². The van der Waals surface area contributed by atoms with Gasteiger partial charge >= 0.3 is 0 Å². The van der Waals surface area contributed by atoms with E-state index in [0.29, 0.717) is 11.5 Å². The molecule has 0 spiro atoms. The standard InChI is InChI=1S/C19H20O3/c1-19(14-8-9-16(21-2)17(12-14)22-3)11-10-13-6-4-5-7-15(13)18(19)20/h4-9,12H,10-11H2,1-3H3. The van der Waals surface area contributed by atoms with Crippen LogP contribution < -0.4 is 9.47 Å². The van der Waals surface area contributed by atoms with Crippen molar-refractivity contribution in [1.82, 2.24) is 0 Å². The number of fused-ring (bicyclic) bond motifs is 1. The predicted octanol–water partition coefficient (Wildman–Crippen LogP) is 3.79. The molecule has 2 aromatic carbocycles. The van der Waals surface area contributed by atoms with E-state index in [-0.39, 0.29) is 5.78 Å². The molecule has 0 saturated carbocycles. The number of hydrogen-bond donors (Lipinski definition) is 0. The first-order chi connectivity index (χ1) is 10.6. The molecule has 114 valence electrons. The summed E-state index contributed by atoms with van der Waals surface area (Å²) in [4.78, 5) is 13.0. The number of hydrogen-bond acceptors (Lipinski definition) is 3. The number of ether oxygens (including phenoxy) is 2. The molecule has 0 heterocycles. The molecule has 0 aromatic heterocycles. The van der Waals surface area contributed by atoms with Crippen LogP contribution in [0.4, 0.5) is 0 Å². The van der Waals surface area contributed by atoms with Crippen LogP contribution in [0.1, 0.15) is 34.8 Å². The van der Waals surface area contributed by atoms with Gasteiger partial charge in [0.2, 0.25) is 0 Å². The van der Waals surface area contributed by atoms with E-state index in [1.165, 1.54) is 0 Å². The minimum Gasteiger partial charge on any atom is -0.493 e. The Kier molecular flexibility index (Phi) is 3.65. The monoisotopic (exact) mass is 296 g/mol. The first-order valence-corrected chi connectivity index (χ1v) is 7.45. The maximum Gasteiger partial charge on any atom is 0.173 e. The van der Waals surface area contributed by atoms with Gasteiger partial charge in [-0.15, -0.1) is 0 Å². The lowest BCUT2D eigenvalue weighted by atomic mass is 9.68. The molecule has 1 aliphatic rings. The lowest BCUT2D eigenvalue weighted by Crippen LogP contribution is -2.37. The van der Waals surface area contributed by atoms with Crippen molar-refractivity contribution in [3.63, 3.8) is 0 Å². The molecule has 0 fully saturated rings. The summed E-state index contributed by atoms with van der Waals surface area (Å²) in [5.41, 5.74) is 2.44. The third kappa shape index (κ3) is 2.17. The number of benzene rings is 2. The van der Waals surface area contributed by atoms with Crippen molar-refractivity contribution >= 4 is 5.78 Å². The SMILES string of the molecule is COc1ccc(C2(C)CCc3ccccc3C2=O)cc1OC. The van der Waals surface area contributed by atoms with Crippen molar-refractivity contribution in [1.29, 1.82) is 0 Å². The minimum atomic E-state index is -0.520. The lowest BCUT2D eigenvalue weighted by molar-refractivity contribution is 0.0875. The van der Waals surface area contributed by atoms with E-state index in [0.717, 1.165) is 29.5 Å². The first-order valence-electron chi connectivity index (χ1n) is 7.45. The summed E-state index contributed by atoms with van der Waals surface area (Å²) in [6.07, 6.45) is 1.71. The predicted molar refractivity (Wildman–Crippen MR) is 86.0 cm³/mol. The van der Waals surface area contributed by atoms with E-state index in [9.17, 15) is 4.79 Å². The smallest absolute Gasteiger partial charge is 0.173 e. The average Bonchev–Trinajstić information content (AvgIpc) is 2.58. The van der Waals surface area contributed by atoms with Crippen LogP contribution in [0.25, 0.3) is 0 Å². The zero-order valence-corrected chi connectivity index (χ0v) is 13.2. The molecule has 1 aliphatic carbocycles. The summed E-state index contributed by atoms with van der Waals surface area (Å²) in [6.45, 7) is 2.02. The molecule has 22 heavy (non-hydrogen) atoms. The van der Waals surface area contributed by atoms with Crippen LogP contribution in [0.5, 0.6) is 11.5 Å². The van der Waals surface area contributed by atoms with Gasteiger partial charge in [-0.3, -0.25) is 4.79 Å². The van der Waals surface area contributed by atoms with Crippen molar-refractivity contribution < 1.29 is 14.3 Å². The summed E-state index contributed by atoms with van der Waals surface area (Å²) in [5.74, 6) is 1.52. The highest BCUT2D eigenvalue weighted by Gasteiger charge is 2.40. The molecule has 2 aromatic rings. The van der Waals surface area contributed by atoms with Gasteiger partial charge in [-0.2, -0.15) is 0 Å². The van der Waals surface area contributed by atoms with Gasteiger partial charge in [0.15, 0.2) is 17.3 Å². The van der Waals surface area contributed by atoms with Crippen LogP contribution in [-0.2, 0) is 11.8 Å². The Morgan fingerprint density at radius 3 is 2.45 bits per heavy atom. The number of aryl methyl sites for hydroxylation is 1. The van der Waals surface area contributed by atoms with E-state index in [1.807, 2.05) is 49.4 Å². The topological polar surface area (TPSA) is 35.5 Å². The molecular weight excluding hydrogens is 276 g/mol. The van der Waals surface area contributed by atoms with Crippen LogP contribution in [0, 0.1) is 0 Å². The molecule has 1 unspecified atom stereocenters. The molecule has 0 radical (unpaired) electrons. The second kappa shape index (κ2) is 5.48. The second-order valence-electron chi connectivity index (χ2n) is 5.89. The zero-order chi connectivity index (χ0) is 15.7. The fourth-order valence-electron chi connectivity index (χ4n) is 3.21. The number of carbonyl (C=O) groups is 1. The summed E-state index contributed by atoms with van der Waals surface area (Å²) in [5, 5.41) is 0. The maximum atomic E-state index is 13.0. The molecular formula is C19H20O3. The Bertz CT molecular complexity index is 720. The van der Waals surface area contributed by atoms with Crippen molar-refractivity contribution in [2.45, 2.75) is 25.2 Å². The normalized spacial score (nSPS) is 20.4. The third-order valence-corrected chi connectivity index (χ3v) is 4.68. The Hall–Kier alpha value is -2.29. The van der Waals surface area contributed by atoms with Crippen LogP contribution in [0.2, 0.25) is 0 Å². The maximum absolute atomic E-state index is 13.0. The summed E-state index contributed by atoms with van der Waals surface area (Å²) in [6, 6.07) is 13.6. The summed E-state index contributed by atoms with van der Waals surface area (Å²) in [7, 11) is 3.23. The molecule has 0 aliphatic heterocycles. The minimum absolute atomic E-state index is 0.182. The van der Waals surface area contributed by atoms with Crippen molar-refractivity contribution in [2.75, 3.05) is 14.2 Å². The van der Waals surface area contributed by atoms with Gasteiger partial charge in [0.25, 0.3) is 0 Å². The van der Waals surface area contributed by atoms with E-state index in [4.69, 9.17) is 9.47 Å². The van der Waals surface area contributed by atoms with Crippen molar-refractivity contribution in [2.24, 2.45) is 0 Å². The fraction of sp³-hybridized carbons (Fsp3) is 0.316.